The Kier molecular flexibility index (Phi) is 6.34. The van der Waals surface area contributed by atoms with Crippen LogP contribution in [0, 0.1) is 11.5 Å². The average molecular weight is 156 g/mol. The van der Waals surface area contributed by atoms with Crippen molar-refractivity contribution in [2.45, 2.75) is 19.8 Å². The molecule has 0 heterocycles. The molecule has 0 atom stereocenters. The molecular formula is C7H12N2O2. The number of nitrogens with one attached hydrogen (secondary N) is 1. The third kappa shape index (κ3) is 6.81. The largest absolute Gasteiger partial charge is 0.381 e. The number of nitrogens with zero attached hydrogens (tertiary/aromatic N) is 1. The summed E-state index contributed by atoms with van der Waals surface area (Å²) < 4.78 is 5.03. The number of nitriles is 1. The van der Waals surface area contributed by atoms with Crippen LogP contribution in [0.3, 0.4) is 0 Å². The van der Waals surface area contributed by atoms with Gasteiger partial charge in [-0.1, -0.05) is 6.92 Å². The first-order valence-corrected chi connectivity index (χ1v) is 3.57. The van der Waals surface area contributed by atoms with Crippen LogP contribution in [0.2, 0.25) is 0 Å². The summed E-state index contributed by atoms with van der Waals surface area (Å²) >= 11 is 0. The van der Waals surface area contributed by atoms with Gasteiger partial charge in [-0.15, -0.1) is 0 Å². The lowest BCUT2D eigenvalue weighted by molar-refractivity contribution is -0.121. The second-order valence-corrected chi connectivity index (χ2v) is 2.02. The molecule has 0 spiro atoms. The summed E-state index contributed by atoms with van der Waals surface area (Å²) in [6.45, 7) is 3.05. The number of carbonyl (C=O) groups is 1. The fraction of sp³-hybridized carbons (Fsp3) is 0.714. The quantitative estimate of drug-likeness (QED) is 0.356. The van der Waals surface area contributed by atoms with Crippen molar-refractivity contribution in [3.8, 4) is 6.19 Å². The lowest BCUT2D eigenvalue weighted by Gasteiger charge is -1.99. The summed E-state index contributed by atoms with van der Waals surface area (Å²) in [6.07, 6.45) is 2.76. The Hall–Kier alpha value is -1.08. The molecule has 0 aliphatic carbocycles. The third-order valence-electron chi connectivity index (χ3n) is 1.02. The van der Waals surface area contributed by atoms with Crippen molar-refractivity contribution in [1.29, 1.82) is 5.26 Å². The molecule has 0 aromatic carbocycles. The van der Waals surface area contributed by atoms with E-state index in [9.17, 15) is 4.79 Å². The molecule has 0 radical (unpaired) electrons. The highest BCUT2D eigenvalue weighted by Crippen LogP contribution is 1.84. The van der Waals surface area contributed by atoms with E-state index in [2.05, 4.69) is 0 Å². The van der Waals surface area contributed by atoms with Crippen molar-refractivity contribution in [1.82, 2.24) is 5.32 Å². The maximum atomic E-state index is 10.6. The van der Waals surface area contributed by atoms with Crippen molar-refractivity contribution in [3.05, 3.63) is 0 Å². The third-order valence-corrected chi connectivity index (χ3v) is 1.02. The predicted molar refractivity (Wildman–Crippen MR) is 39.5 cm³/mol. The van der Waals surface area contributed by atoms with Gasteiger partial charge in [-0.25, -0.2) is 0 Å². The van der Waals surface area contributed by atoms with E-state index in [4.69, 9.17) is 10.00 Å². The maximum Gasteiger partial charge on any atom is 0.235 e. The molecule has 0 aliphatic rings. The fourth-order valence-corrected chi connectivity index (χ4v) is 0.536. The summed E-state index contributed by atoms with van der Waals surface area (Å²) in [5.41, 5.74) is 0. The summed E-state index contributed by atoms with van der Waals surface area (Å²) in [6, 6.07) is 0. The van der Waals surface area contributed by atoms with Crippen LogP contribution in [0.1, 0.15) is 19.8 Å². The zero-order valence-corrected chi connectivity index (χ0v) is 6.59. The molecule has 0 fully saturated rings. The van der Waals surface area contributed by atoms with E-state index in [1.165, 1.54) is 0 Å². The molecule has 11 heavy (non-hydrogen) atoms. The van der Waals surface area contributed by atoms with Crippen molar-refractivity contribution >= 4 is 5.91 Å². The highest BCUT2D eigenvalue weighted by molar-refractivity contribution is 5.77. The number of ether oxygens (including phenoxy) is 1. The molecule has 4 nitrogen and oxygen atoms in total. The van der Waals surface area contributed by atoms with Gasteiger partial charge in [-0.2, -0.15) is 5.26 Å². The number of rotatable bonds is 5. The Morgan fingerprint density at radius 1 is 1.64 bits per heavy atom. The number of hydrogen-bond donors (Lipinski definition) is 1. The van der Waals surface area contributed by atoms with Gasteiger partial charge < -0.3 is 4.74 Å². The summed E-state index contributed by atoms with van der Waals surface area (Å²) in [4.78, 5) is 10.6. The van der Waals surface area contributed by atoms with Crippen LogP contribution in [0.25, 0.3) is 0 Å². The smallest absolute Gasteiger partial charge is 0.235 e. The van der Waals surface area contributed by atoms with Crippen LogP contribution < -0.4 is 5.32 Å². The van der Waals surface area contributed by atoms with E-state index in [1.54, 1.807) is 6.19 Å². The number of hydrogen-bond acceptors (Lipinski definition) is 3. The van der Waals surface area contributed by atoms with Crippen LogP contribution in [0.4, 0.5) is 0 Å². The Labute approximate surface area is 66.1 Å². The Morgan fingerprint density at radius 2 is 2.36 bits per heavy atom. The fourth-order valence-electron chi connectivity index (χ4n) is 0.536. The molecule has 0 rings (SSSR count). The highest BCUT2D eigenvalue weighted by atomic mass is 16.5. The van der Waals surface area contributed by atoms with E-state index in [-0.39, 0.29) is 12.3 Å². The summed E-state index contributed by atoms with van der Waals surface area (Å²) in [5, 5.41) is 10.0. The zero-order valence-electron chi connectivity index (χ0n) is 6.59. The maximum absolute atomic E-state index is 10.6. The standard InChI is InChI=1S/C7H12N2O2/c1-2-4-11-5-3-7(10)9-6-8/h2-5H2,1H3,(H,9,10). The van der Waals surface area contributed by atoms with E-state index in [0.29, 0.717) is 13.2 Å². The highest BCUT2D eigenvalue weighted by Gasteiger charge is 1.97. The summed E-state index contributed by atoms with van der Waals surface area (Å²) in [5.74, 6) is -0.288. The normalized spacial score (nSPS) is 8.73. The van der Waals surface area contributed by atoms with E-state index < -0.39 is 0 Å². The van der Waals surface area contributed by atoms with Crippen molar-refractivity contribution in [3.63, 3.8) is 0 Å². The molecule has 0 aromatic heterocycles. The predicted octanol–water partition coefficient (Wildman–Crippen LogP) is 0.400. The van der Waals surface area contributed by atoms with Crippen LogP contribution in [-0.2, 0) is 9.53 Å². The topological polar surface area (TPSA) is 62.1 Å². The van der Waals surface area contributed by atoms with E-state index in [0.717, 1.165) is 6.42 Å². The summed E-state index contributed by atoms with van der Waals surface area (Å²) in [7, 11) is 0. The SMILES string of the molecule is CCCOCCC(=O)NC#N. The molecule has 0 saturated carbocycles. The first-order chi connectivity index (χ1) is 5.31. The van der Waals surface area contributed by atoms with Crippen molar-refractivity contribution in [2.24, 2.45) is 0 Å². The van der Waals surface area contributed by atoms with Crippen molar-refractivity contribution in [2.75, 3.05) is 13.2 Å². The second-order valence-electron chi connectivity index (χ2n) is 2.02. The molecule has 1 N–H and O–H groups in total. The number of carbonyl (C=O) groups excluding carboxylic acids is 1. The zero-order chi connectivity index (χ0) is 8.53. The van der Waals surface area contributed by atoms with Gasteiger partial charge in [0.2, 0.25) is 5.91 Å². The average Bonchev–Trinajstić information content (AvgIpc) is 1.99. The second kappa shape index (κ2) is 7.03. The molecule has 0 unspecified atom stereocenters. The molecular weight excluding hydrogens is 144 g/mol. The van der Waals surface area contributed by atoms with Gasteiger partial charge in [0.05, 0.1) is 13.0 Å². The minimum absolute atomic E-state index is 0.258. The number of amides is 1. The van der Waals surface area contributed by atoms with Gasteiger partial charge in [0, 0.05) is 6.61 Å². The van der Waals surface area contributed by atoms with Crippen LogP contribution in [0.15, 0.2) is 0 Å². The van der Waals surface area contributed by atoms with Gasteiger partial charge >= 0.3 is 0 Å². The lowest BCUT2D eigenvalue weighted by atomic mass is 10.4. The monoisotopic (exact) mass is 156 g/mol. The van der Waals surface area contributed by atoms with Crippen molar-refractivity contribution < 1.29 is 9.53 Å². The molecule has 0 aromatic rings. The van der Waals surface area contributed by atoms with E-state index in [1.807, 2.05) is 12.2 Å². The minimum Gasteiger partial charge on any atom is -0.381 e. The first-order valence-electron chi connectivity index (χ1n) is 3.57. The lowest BCUT2D eigenvalue weighted by Crippen LogP contribution is -2.18. The molecule has 1 amide bonds. The molecule has 0 saturated heterocycles. The molecule has 4 heteroatoms. The van der Waals surface area contributed by atoms with Crippen LogP contribution >= 0.6 is 0 Å². The molecule has 0 bridgehead atoms. The molecule has 0 aliphatic heterocycles. The first kappa shape index (κ1) is 9.92. The van der Waals surface area contributed by atoms with Gasteiger partial charge in [-0.3, -0.25) is 10.1 Å². The van der Waals surface area contributed by atoms with Gasteiger partial charge in [0.1, 0.15) is 0 Å². The van der Waals surface area contributed by atoms with Gasteiger partial charge in [-0.05, 0) is 6.42 Å². The molecule has 62 valence electrons. The Bertz CT molecular complexity index is 151. The minimum atomic E-state index is -0.288. The van der Waals surface area contributed by atoms with Gasteiger partial charge in [0.25, 0.3) is 0 Å². The van der Waals surface area contributed by atoms with Crippen LogP contribution in [0.5, 0.6) is 0 Å². The van der Waals surface area contributed by atoms with Crippen LogP contribution in [-0.4, -0.2) is 19.1 Å². The Morgan fingerprint density at radius 3 is 2.91 bits per heavy atom. The Balaban J connectivity index is 3.12. The van der Waals surface area contributed by atoms with Gasteiger partial charge in [0.15, 0.2) is 6.19 Å². The van der Waals surface area contributed by atoms with E-state index >= 15 is 0 Å².